The molecule has 0 N–H and O–H groups in total. The minimum Gasteiger partial charge on any atom is -0.370 e. The summed E-state index contributed by atoms with van der Waals surface area (Å²) in [6, 6.07) is 10.5. The van der Waals surface area contributed by atoms with Crippen LogP contribution in [0.3, 0.4) is 0 Å². The number of ether oxygens (including phenoxy) is 1. The Bertz CT molecular complexity index is 845. The van der Waals surface area contributed by atoms with Crippen LogP contribution in [-0.4, -0.2) is 44.3 Å². The summed E-state index contributed by atoms with van der Waals surface area (Å²) in [5, 5.41) is 12.3. The summed E-state index contributed by atoms with van der Waals surface area (Å²) in [7, 11) is 0. The number of benzene rings is 1. The second kappa shape index (κ2) is 5.41. The van der Waals surface area contributed by atoms with Gasteiger partial charge in [0.1, 0.15) is 0 Å². The van der Waals surface area contributed by atoms with Crippen LogP contribution in [0.5, 0.6) is 0 Å². The molecule has 24 heavy (non-hydrogen) atoms. The van der Waals surface area contributed by atoms with Crippen LogP contribution in [0.4, 0.5) is 6.01 Å². The lowest BCUT2D eigenvalue weighted by Gasteiger charge is -2.40. The Kier molecular flexibility index (Phi) is 3.08. The van der Waals surface area contributed by atoms with Crippen LogP contribution in [0.1, 0.15) is 18.2 Å². The molecule has 0 spiro atoms. The summed E-state index contributed by atoms with van der Waals surface area (Å²) in [6.45, 7) is 2.12. The van der Waals surface area contributed by atoms with Gasteiger partial charge >= 0.3 is 6.01 Å². The summed E-state index contributed by atoms with van der Waals surface area (Å²) in [5.74, 6) is 0.606. The Morgan fingerprint density at radius 1 is 1.17 bits per heavy atom. The molecule has 2 atom stereocenters. The molecule has 0 saturated carbocycles. The molecule has 1 saturated heterocycles. The Morgan fingerprint density at radius 2 is 2.08 bits per heavy atom. The van der Waals surface area contributed by atoms with Gasteiger partial charge in [0.25, 0.3) is 0 Å². The molecule has 2 aliphatic rings. The minimum atomic E-state index is 0.122. The average Bonchev–Trinajstić information content (AvgIpc) is 3.31. The zero-order valence-electron chi connectivity index (χ0n) is 12.9. The summed E-state index contributed by atoms with van der Waals surface area (Å²) in [4.78, 5) is 6.65. The van der Waals surface area contributed by atoms with Gasteiger partial charge in [0.2, 0.25) is 5.82 Å². The van der Waals surface area contributed by atoms with Crippen molar-refractivity contribution in [3.8, 4) is 11.4 Å². The molecule has 122 valence electrons. The lowest BCUT2D eigenvalue weighted by atomic mass is 10.0. The Balaban J connectivity index is 1.41. The molecular weight excluding hydrogens is 308 g/mol. The van der Waals surface area contributed by atoms with Crippen molar-refractivity contribution >= 4 is 6.01 Å². The Labute approximate surface area is 138 Å². The van der Waals surface area contributed by atoms with E-state index in [4.69, 9.17) is 9.26 Å². The normalized spacial score (nSPS) is 22.9. The van der Waals surface area contributed by atoms with Gasteiger partial charge in [-0.25, -0.2) is 4.68 Å². The number of hydrogen-bond acceptors (Lipinski definition) is 7. The van der Waals surface area contributed by atoms with Crippen molar-refractivity contribution in [3.05, 3.63) is 42.2 Å². The number of fused-ring (bicyclic) bond motifs is 3. The van der Waals surface area contributed by atoms with Crippen molar-refractivity contribution in [1.82, 2.24) is 25.1 Å². The summed E-state index contributed by atoms with van der Waals surface area (Å²) >= 11 is 0. The van der Waals surface area contributed by atoms with E-state index in [1.165, 1.54) is 0 Å². The zero-order chi connectivity index (χ0) is 15.9. The number of aromatic nitrogens is 5. The fourth-order valence-electron chi connectivity index (χ4n) is 3.40. The van der Waals surface area contributed by atoms with Crippen LogP contribution < -0.4 is 4.90 Å². The van der Waals surface area contributed by atoms with E-state index in [9.17, 15) is 0 Å². The molecule has 3 aromatic rings. The molecule has 0 aliphatic carbocycles. The van der Waals surface area contributed by atoms with Crippen LogP contribution in [0.2, 0.25) is 0 Å². The third kappa shape index (κ3) is 2.18. The summed E-state index contributed by atoms with van der Waals surface area (Å²) < 4.78 is 13.4. The largest absolute Gasteiger partial charge is 0.370 e. The predicted octanol–water partition coefficient (Wildman–Crippen LogP) is 1.68. The van der Waals surface area contributed by atoms with Gasteiger partial charge in [-0.1, -0.05) is 40.7 Å². The fraction of sp³-hybridized carbons (Fsp3) is 0.375. The monoisotopic (exact) mass is 324 g/mol. The first-order valence-corrected chi connectivity index (χ1v) is 8.03. The first-order valence-electron chi connectivity index (χ1n) is 8.03. The van der Waals surface area contributed by atoms with Gasteiger partial charge in [-0.15, -0.1) is 5.10 Å². The molecule has 1 aromatic carbocycles. The maximum Gasteiger partial charge on any atom is 0.324 e. The van der Waals surface area contributed by atoms with Crippen LogP contribution in [0, 0.1) is 0 Å². The third-order valence-corrected chi connectivity index (χ3v) is 4.65. The standard InChI is InChI=1S/C16H16N6O2/c1-2-4-11(5-3-1)15-18-16(24-19-15)21-7-6-14-13(9-21)22-12(10-23-14)8-17-20-22/h1-5,8,13-14H,6-7,9-10H2/t13-,14+/m1/s1. The average molecular weight is 324 g/mol. The van der Waals surface area contributed by atoms with Gasteiger partial charge in [-0.2, -0.15) is 4.98 Å². The van der Waals surface area contributed by atoms with Crippen molar-refractivity contribution in [2.24, 2.45) is 0 Å². The van der Waals surface area contributed by atoms with E-state index in [1.54, 1.807) is 6.20 Å². The number of anilines is 1. The molecule has 5 rings (SSSR count). The number of nitrogens with zero attached hydrogens (tertiary/aromatic N) is 6. The lowest BCUT2D eigenvalue weighted by Crippen LogP contribution is -2.48. The Hall–Kier alpha value is -2.74. The molecule has 2 aliphatic heterocycles. The Morgan fingerprint density at radius 3 is 3.00 bits per heavy atom. The molecular formula is C16H16N6O2. The first kappa shape index (κ1) is 13.7. The van der Waals surface area contributed by atoms with Crippen LogP contribution in [-0.2, 0) is 11.3 Å². The fourth-order valence-corrected chi connectivity index (χ4v) is 3.40. The molecule has 8 nitrogen and oxygen atoms in total. The number of rotatable bonds is 2. The van der Waals surface area contributed by atoms with E-state index >= 15 is 0 Å². The minimum absolute atomic E-state index is 0.122. The molecule has 0 bridgehead atoms. The molecule has 0 amide bonds. The van der Waals surface area contributed by atoms with Crippen LogP contribution >= 0.6 is 0 Å². The molecule has 8 heteroatoms. The molecule has 0 unspecified atom stereocenters. The maximum atomic E-state index is 5.93. The highest BCUT2D eigenvalue weighted by Crippen LogP contribution is 2.32. The lowest BCUT2D eigenvalue weighted by molar-refractivity contribution is -0.0378. The van der Waals surface area contributed by atoms with Crippen molar-refractivity contribution in [1.29, 1.82) is 0 Å². The second-order valence-corrected chi connectivity index (χ2v) is 6.09. The maximum absolute atomic E-state index is 5.93. The first-order chi connectivity index (χ1) is 11.9. The van der Waals surface area contributed by atoms with Gasteiger partial charge in [0.15, 0.2) is 0 Å². The molecule has 4 heterocycles. The predicted molar refractivity (Wildman–Crippen MR) is 84.2 cm³/mol. The van der Waals surface area contributed by atoms with E-state index in [2.05, 4.69) is 25.4 Å². The topological polar surface area (TPSA) is 82.1 Å². The second-order valence-electron chi connectivity index (χ2n) is 6.09. The van der Waals surface area contributed by atoms with Crippen molar-refractivity contribution in [2.75, 3.05) is 18.0 Å². The van der Waals surface area contributed by atoms with Crippen molar-refractivity contribution in [2.45, 2.75) is 25.2 Å². The van der Waals surface area contributed by atoms with Gasteiger partial charge in [0.05, 0.1) is 30.6 Å². The van der Waals surface area contributed by atoms with E-state index in [-0.39, 0.29) is 12.1 Å². The van der Waals surface area contributed by atoms with E-state index in [0.29, 0.717) is 18.4 Å². The number of hydrogen-bond donors (Lipinski definition) is 0. The zero-order valence-corrected chi connectivity index (χ0v) is 12.9. The smallest absolute Gasteiger partial charge is 0.324 e. The molecule has 0 radical (unpaired) electrons. The highest BCUT2D eigenvalue weighted by Gasteiger charge is 2.37. The SMILES string of the molecule is c1ccc(-c2noc(N3CC[C@@H]4OCc5cnnn5[C@@H]4C3)n2)cc1. The van der Waals surface area contributed by atoms with Gasteiger partial charge in [0, 0.05) is 18.7 Å². The van der Waals surface area contributed by atoms with Gasteiger partial charge in [-0.3, -0.25) is 0 Å². The van der Waals surface area contributed by atoms with Gasteiger partial charge < -0.3 is 14.2 Å². The summed E-state index contributed by atoms with van der Waals surface area (Å²) in [5.41, 5.74) is 1.95. The number of piperidine rings is 1. The highest BCUT2D eigenvalue weighted by molar-refractivity contribution is 5.55. The molecule has 2 aromatic heterocycles. The van der Waals surface area contributed by atoms with Crippen molar-refractivity contribution < 1.29 is 9.26 Å². The van der Waals surface area contributed by atoms with Gasteiger partial charge in [-0.05, 0) is 6.42 Å². The van der Waals surface area contributed by atoms with Crippen LogP contribution in [0.15, 0.2) is 41.1 Å². The van der Waals surface area contributed by atoms with Crippen LogP contribution in [0.25, 0.3) is 11.4 Å². The van der Waals surface area contributed by atoms with Crippen molar-refractivity contribution in [3.63, 3.8) is 0 Å². The summed E-state index contributed by atoms with van der Waals surface area (Å²) in [6.07, 6.45) is 2.81. The third-order valence-electron chi connectivity index (χ3n) is 4.65. The molecule has 1 fully saturated rings. The highest BCUT2D eigenvalue weighted by atomic mass is 16.5. The van der Waals surface area contributed by atoms with E-state index in [0.717, 1.165) is 30.8 Å². The van der Waals surface area contributed by atoms with E-state index in [1.807, 2.05) is 35.0 Å². The quantitative estimate of drug-likeness (QED) is 0.709. The van der Waals surface area contributed by atoms with E-state index < -0.39 is 0 Å².